The molecule has 0 bridgehead atoms. The first kappa shape index (κ1) is 74.7. The fourth-order valence-electron chi connectivity index (χ4n) is 26.5. The van der Waals surface area contributed by atoms with E-state index >= 15 is 0 Å². The summed E-state index contributed by atoms with van der Waals surface area (Å²) in [6.45, 7) is 7.22. The van der Waals surface area contributed by atoms with E-state index in [1.807, 2.05) is 48.5 Å². The van der Waals surface area contributed by atoms with Crippen molar-refractivity contribution in [3.8, 4) is 123 Å². The van der Waals surface area contributed by atoms with Crippen LogP contribution in [-0.4, -0.2) is 28.9 Å². The van der Waals surface area contributed by atoms with Crippen molar-refractivity contribution in [3.63, 3.8) is 0 Å². The van der Waals surface area contributed by atoms with Gasteiger partial charge in [0.05, 0.1) is 52.1 Å². The molecule has 29 rings (SSSR count). The first-order valence-corrected chi connectivity index (χ1v) is 52.9. The number of para-hydroxylation sites is 2. The van der Waals surface area contributed by atoms with Crippen LogP contribution in [0.15, 0.2) is 473 Å². The monoisotopic (exact) mass is 1920 g/mol. The number of nitrogens with zero attached hydrogens (tertiary/aromatic N) is 4. The third-order valence-electron chi connectivity index (χ3n) is 33.3. The van der Waals surface area contributed by atoms with Gasteiger partial charge in [-0.3, -0.25) is 0 Å². The normalized spacial score (nSPS) is 14.9. The number of hydrogen-bond acceptors (Lipinski definition) is 2. The lowest BCUT2D eigenvalue weighted by Crippen LogP contribution is -2.62. The van der Waals surface area contributed by atoms with Crippen molar-refractivity contribution >= 4 is 89.5 Å². The number of anilines is 4. The van der Waals surface area contributed by atoms with Gasteiger partial charge in [0.1, 0.15) is 0 Å². The minimum Gasteiger partial charge on any atom is -0.342 e. The van der Waals surface area contributed by atoms with Gasteiger partial charge >= 0.3 is 0 Å². The second kappa shape index (κ2) is 35.4. The van der Waals surface area contributed by atoms with Gasteiger partial charge < -0.3 is 18.9 Å². The van der Waals surface area contributed by atoms with E-state index in [1.165, 1.54) is 111 Å². The molecule has 2 aliphatic heterocycles. The van der Waals surface area contributed by atoms with Gasteiger partial charge in [0.15, 0.2) is 0 Å². The van der Waals surface area contributed by atoms with Crippen LogP contribution >= 0.6 is 0 Å². The maximum Gasteiger partial charge on any atom is 0.252 e. The molecule has 0 radical (unpaired) electrons. The van der Waals surface area contributed by atoms with Crippen molar-refractivity contribution in [1.82, 2.24) is 9.13 Å². The quantitative estimate of drug-likeness (QED) is 0.0497. The molecule has 0 N–H and O–H groups in total. The summed E-state index contributed by atoms with van der Waals surface area (Å²) in [5.74, 6) is 0. The van der Waals surface area contributed by atoms with Crippen LogP contribution in [-0.2, 0) is 29.1 Å². The Morgan fingerprint density at radius 3 is 0.933 bits per heavy atom. The average molecular weight is 1920 g/mol. The van der Waals surface area contributed by atoms with E-state index in [1.54, 1.807) is 33.4 Å². The number of rotatable bonds is 22. The molecule has 149 heavy (non-hydrogen) atoms. The van der Waals surface area contributed by atoms with Gasteiger partial charge in [0.25, 0.3) is 6.71 Å². The first-order valence-electron chi connectivity index (χ1n) is 59.9. The second-order valence-corrected chi connectivity index (χ2v) is 42.3. The molecule has 23 aromatic rings. The van der Waals surface area contributed by atoms with Gasteiger partial charge in [-0.15, -0.1) is 0 Å². The highest BCUT2D eigenvalue weighted by Crippen LogP contribution is 2.66. The lowest BCUT2D eigenvalue weighted by Gasteiger charge is -2.45. The van der Waals surface area contributed by atoms with Crippen molar-refractivity contribution in [3.05, 3.63) is 534 Å². The van der Waals surface area contributed by atoms with Crippen LogP contribution in [0, 0.1) is 0 Å². The van der Waals surface area contributed by atoms with E-state index in [9.17, 15) is 19.2 Å². The number of unbranched alkanes of at least 4 members (excludes halogenated alkanes) is 6. The summed E-state index contributed by atoms with van der Waals surface area (Å²) in [6, 6.07) is 135. The zero-order valence-electron chi connectivity index (χ0n) is 97.3. The Hall–Kier alpha value is -17.1. The smallest absolute Gasteiger partial charge is 0.252 e. The molecule has 710 valence electrons. The summed E-state index contributed by atoms with van der Waals surface area (Å²) in [5.41, 5.74) is 40.8. The molecule has 4 nitrogen and oxygen atoms in total. The Balaban J connectivity index is 0.571. The molecule has 2 aromatic heterocycles. The summed E-state index contributed by atoms with van der Waals surface area (Å²) in [4.78, 5) is 4.95. The predicted octanol–water partition coefficient (Wildman–Crippen LogP) is 34.9. The van der Waals surface area contributed by atoms with Gasteiger partial charge in [0, 0.05) is 68.8 Å². The molecular weight excluding hydrogens is 1800 g/mol. The number of hydrogen-bond donors (Lipinski definition) is 0. The Labute approximate surface area is 893 Å². The minimum atomic E-state index is -0.553. The standard InChI is InChI=1S/C144H111BN4/c1-142(2,3)106-90-139-141-140(91-106)147(83-39-7-5-13-49-99-67-69-101(95-42-16-9-17-43-95)85-120(99)105-71-77-116-114-55-27-35-63-128(114)144(130(116)89-105)125-60-32-24-52-111(125)112-53-25-33-61-126(112)144)138-93-108(149-134-65-37-29-57-118(134)122-87-103(73-81-136(122)149)97-46-20-11-21-47-97)75-79-132(138)145(141)131-78-74-107(148-133-64-36-28-56-117(133)121-86-102(72-80-135(121)148)96-44-18-10-19-45-96)92-137(131)146(139)82-38-6-4-12-48-98-66-68-100(94-40-14-8-15-41-94)84-119(98)104-70-76-115-113-54-26-34-62-127(113)143(129(115)88-104)123-58-30-22-50-109(123)110-51-23-31-59-124(110)143/h8-11,14-37,40-47,50-81,84-93H,4-7,12-13,38-39,48-49,82-83H2,1-3H3/i28D,29D,36D,37D,56D,57D,64D,65D,72D,73D,80D,81D,86D,87D. The lowest BCUT2D eigenvalue weighted by molar-refractivity contribution is 0.589. The molecular formula is C144H111BN4. The van der Waals surface area contributed by atoms with Gasteiger partial charge in [0.2, 0.25) is 0 Å². The highest BCUT2D eigenvalue weighted by atomic mass is 15.2. The summed E-state index contributed by atoms with van der Waals surface area (Å²) in [5, 5.41) is 0.410. The molecule has 6 aliphatic rings. The van der Waals surface area contributed by atoms with E-state index in [-0.39, 0.29) is 115 Å². The fourth-order valence-corrected chi connectivity index (χ4v) is 26.5. The predicted molar refractivity (Wildman–Crippen MR) is 628 cm³/mol. The Morgan fingerprint density at radius 2 is 0.564 bits per heavy atom. The van der Waals surface area contributed by atoms with Crippen LogP contribution in [0.1, 0.15) is 153 Å². The zero-order valence-corrected chi connectivity index (χ0v) is 83.3. The molecule has 0 saturated carbocycles. The molecule has 0 amide bonds. The maximum absolute atomic E-state index is 10.3. The molecule has 0 atom stereocenters. The van der Waals surface area contributed by atoms with Crippen molar-refractivity contribution in [1.29, 1.82) is 0 Å². The largest absolute Gasteiger partial charge is 0.342 e. The van der Waals surface area contributed by atoms with E-state index in [4.69, 9.17) is 0 Å². The highest BCUT2D eigenvalue weighted by molar-refractivity contribution is 7.00. The highest BCUT2D eigenvalue weighted by Gasteiger charge is 2.54. The van der Waals surface area contributed by atoms with Crippen molar-refractivity contribution < 1.29 is 19.2 Å². The van der Waals surface area contributed by atoms with Crippen molar-refractivity contribution in [2.24, 2.45) is 0 Å². The number of benzene rings is 21. The first-order chi connectivity index (χ1) is 79.4. The molecule has 0 fully saturated rings. The third-order valence-corrected chi connectivity index (χ3v) is 33.3. The van der Waals surface area contributed by atoms with Crippen LogP contribution in [0.3, 0.4) is 0 Å². The van der Waals surface area contributed by atoms with Crippen molar-refractivity contribution in [2.75, 3.05) is 22.9 Å². The minimum absolute atomic E-state index is 0.0724. The van der Waals surface area contributed by atoms with Crippen LogP contribution in [0.25, 0.3) is 166 Å². The van der Waals surface area contributed by atoms with Crippen LogP contribution in [0.4, 0.5) is 22.7 Å². The van der Waals surface area contributed by atoms with Crippen LogP contribution in [0.5, 0.6) is 0 Å². The fraction of sp³-hybridized carbons (Fsp3) is 0.125. The van der Waals surface area contributed by atoms with E-state index in [0.29, 0.717) is 35.6 Å². The molecule has 5 heteroatoms. The number of aromatic nitrogens is 2. The second-order valence-electron chi connectivity index (χ2n) is 42.3. The van der Waals surface area contributed by atoms with E-state index < -0.39 is 47.1 Å². The topological polar surface area (TPSA) is 16.3 Å². The molecule has 2 spiro atoms. The molecule has 4 aliphatic carbocycles. The SMILES string of the molecule is [2H]c1c([2H])c([2H])c2c(c1[2H])c1c([2H])c(-c3ccccc3)c([2H])c([2H])c1n2-c1ccc2c(c1)N(CCCCCCc1ccc(-c3ccccc3)cc1-c1ccc3c(c1)C1(c4ccccc4-c4ccccc41)c1ccccc1-3)c1cc(C(C)(C)C)cc3c1B2c1ccc(-n2c4c([2H])c([2H])c([2H])c([2H])c4c4c([2H])c(-c5ccccc5)c([2H])c([2H])c42)cc1N3CCCCCCc1ccc(-c2ccccc2)cc1-c1ccc2c(c1)C1(c3ccccc3-c3ccccc31)c1ccccc1-2. The van der Waals surface area contributed by atoms with E-state index in [0.717, 1.165) is 142 Å². The molecule has 21 aromatic carbocycles. The van der Waals surface area contributed by atoms with Gasteiger partial charge in [-0.2, -0.15) is 0 Å². The Bertz CT molecular complexity index is 9590. The molecule has 4 heterocycles. The summed E-state index contributed by atoms with van der Waals surface area (Å²) >= 11 is 0. The molecule has 0 saturated heterocycles. The van der Waals surface area contributed by atoms with Gasteiger partial charge in [-0.1, -0.05) is 422 Å². The van der Waals surface area contributed by atoms with E-state index in [2.05, 4.69) is 346 Å². The third kappa shape index (κ3) is 13.9. The summed E-state index contributed by atoms with van der Waals surface area (Å²) in [7, 11) is 0. The van der Waals surface area contributed by atoms with Crippen LogP contribution < -0.4 is 26.2 Å². The summed E-state index contributed by atoms with van der Waals surface area (Å²) < 4.78 is 142. The average Bonchev–Trinajstić information content (AvgIpc) is 1.53. The summed E-state index contributed by atoms with van der Waals surface area (Å²) in [6.07, 6.45) is 8.25. The van der Waals surface area contributed by atoms with Gasteiger partial charge in [-0.05, 0) is 330 Å². The Kier molecular flexibility index (Phi) is 17.7. The lowest BCUT2D eigenvalue weighted by atomic mass is 9.33. The Morgan fingerprint density at radius 1 is 0.242 bits per heavy atom. The van der Waals surface area contributed by atoms with Crippen LogP contribution in [0.2, 0.25) is 0 Å². The zero-order chi connectivity index (χ0) is 111. The maximum atomic E-state index is 10.3. The number of fused-ring (bicyclic) bond motifs is 30. The molecule has 0 unspecified atom stereocenters. The van der Waals surface area contributed by atoms with Gasteiger partial charge in [-0.25, -0.2) is 0 Å². The number of aryl methyl sites for hydroxylation is 2. The van der Waals surface area contributed by atoms with Crippen molar-refractivity contribution in [2.45, 2.75) is 101 Å².